The summed E-state index contributed by atoms with van der Waals surface area (Å²) in [5.74, 6) is 0. The Hall–Kier alpha value is -10.9. The fourth-order valence-electron chi connectivity index (χ4n) is 18.6. The van der Waals surface area contributed by atoms with Crippen molar-refractivity contribution in [2.24, 2.45) is 16.2 Å². The first kappa shape index (κ1) is 68.6. The van der Waals surface area contributed by atoms with E-state index in [-0.39, 0.29) is 120 Å². The number of hydrogen-bond acceptors (Lipinski definition) is 2. The summed E-state index contributed by atoms with van der Waals surface area (Å²) in [5, 5.41) is 1.25. The standard InChI is InChI=1S/C117H129BN4/c1-109(2,3)70-73-56-106-108-107(57-73)122(103-69-91(75-37-33-41-81(59-75)113(13,14)15)79(72-111(7,8)9)63-93(103)77-39-35-43-83(61-77)115(19,20)21)105-67-87(120-99-47-31-29-45-89(99)95-65-85(117(25,26)27)49-55-101(95)120)51-53-97(105)118(108)96-52-50-86(119-98-46-30-28-44-88(98)94-64-84(116(22,23)24)48-54-100(94)119)66-104(96)121(106)102-68-90(74-36-32-40-80(58-74)112(10,11)12)78(71-110(4,5)6)62-92(102)76-38-34-42-82(60-76)114(16,17)18/h28-69H,70-72H2,1-27H3/i28D,29D,30D,31D,44D,45D,46D,47D,48D,54D,64D,70D2. The van der Waals surface area contributed by atoms with Gasteiger partial charge in [-0.3, -0.25) is 0 Å². The third kappa shape index (κ3) is 15.6. The molecule has 0 atom stereocenters. The molecule has 0 amide bonds. The van der Waals surface area contributed by atoms with Crippen LogP contribution in [-0.2, 0) is 51.7 Å². The van der Waals surface area contributed by atoms with Gasteiger partial charge in [-0.1, -0.05) is 344 Å². The van der Waals surface area contributed by atoms with Crippen molar-refractivity contribution in [1.82, 2.24) is 9.13 Å². The summed E-state index contributed by atoms with van der Waals surface area (Å²) in [6.07, 6.45) is -0.796. The minimum Gasteiger partial charge on any atom is -0.311 e. The molecule has 2 aliphatic rings. The number of nitrogens with zero attached hydrogens (tertiary/aromatic N) is 4. The summed E-state index contributed by atoms with van der Waals surface area (Å²) in [6, 6.07) is 64.9. The second-order valence-corrected chi connectivity index (χ2v) is 44.6. The highest BCUT2D eigenvalue weighted by molar-refractivity contribution is 7.00. The molecule has 2 aromatic heterocycles. The zero-order valence-corrected chi connectivity index (χ0v) is 77.2. The highest BCUT2D eigenvalue weighted by Crippen LogP contribution is 2.55. The average molecular weight is 1620 g/mol. The fraction of sp³-hybridized carbons (Fsp3) is 0.333. The Bertz CT molecular complexity index is 7480. The third-order valence-electron chi connectivity index (χ3n) is 24.8. The third-order valence-corrected chi connectivity index (χ3v) is 24.8. The minimum atomic E-state index is -2.14. The summed E-state index contributed by atoms with van der Waals surface area (Å²) in [7, 11) is 0. The van der Waals surface area contributed by atoms with Crippen molar-refractivity contribution in [3.63, 3.8) is 0 Å². The summed E-state index contributed by atoms with van der Waals surface area (Å²) in [4.78, 5) is 4.75. The molecule has 122 heavy (non-hydrogen) atoms. The highest BCUT2D eigenvalue weighted by atomic mass is 15.2. The molecular weight excluding hydrogens is 1470 g/mol. The van der Waals surface area contributed by atoms with Crippen molar-refractivity contribution < 1.29 is 17.8 Å². The molecule has 0 bridgehead atoms. The van der Waals surface area contributed by atoms with Gasteiger partial charge in [0.25, 0.3) is 6.71 Å². The van der Waals surface area contributed by atoms with Gasteiger partial charge in [0.15, 0.2) is 0 Å². The van der Waals surface area contributed by atoms with Gasteiger partial charge < -0.3 is 18.9 Å². The van der Waals surface area contributed by atoms with Crippen LogP contribution < -0.4 is 26.2 Å². The van der Waals surface area contributed by atoms with E-state index in [0.717, 1.165) is 111 Å². The lowest BCUT2D eigenvalue weighted by atomic mass is 9.33. The lowest BCUT2D eigenvalue weighted by molar-refractivity contribution is 0.411. The molecule has 0 fully saturated rings. The maximum atomic E-state index is 11.2. The largest absolute Gasteiger partial charge is 0.311 e. The smallest absolute Gasteiger partial charge is 0.252 e. The molecule has 5 heteroatoms. The number of benzene rings is 13. The number of para-hydroxylation sites is 2. The van der Waals surface area contributed by atoms with Crippen LogP contribution in [0.2, 0.25) is 0 Å². The van der Waals surface area contributed by atoms with Crippen LogP contribution in [0.3, 0.4) is 0 Å². The molecule has 17 rings (SSSR count). The summed E-state index contributed by atoms with van der Waals surface area (Å²) < 4.78 is 135. The van der Waals surface area contributed by atoms with Crippen molar-refractivity contribution in [2.75, 3.05) is 9.80 Å². The first-order valence-corrected chi connectivity index (χ1v) is 43.9. The van der Waals surface area contributed by atoms with E-state index in [4.69, 9.17) is 0 Å². The zero-order valence-electron chi connectivity index (χ0n) is 90.2. The topological polar surface area (TPSA) is 16.3 Å². The van der Waals surface area contributed by atoms with Crippen LogP contribution in [-0.4, -0.2) is 15.8 Å². The number of fused-ring (bicyclic) bond motifs is 10. The van der Waals surface area contributed by atoms with Gasteiger partial charge in [-0.05, 0) is 265 Å². The van der Waals surface area contributed by atoms with Gasteiger partial charge >= 0.3 is 0 Å². The Morgan fingerprint density at radius 1 is 0.287 bits per heavy atom. The fourth-order valence-corrected chi connectivity index (χ4v) is 18.6. The lowest BCUT2D eigenvalue weighted by Gasteiger charge is -2.46. The van der Waals surface area contributed by atoms with Crippen LogP contribution in [0.1, 0.15) is 255 Å². The highest BCUT2D eigenvalue weighted by Gasteiger charge is 2.46. The van der Waals surface area contributed by atoms with Crippen molar-refractivity contribution in [2.45, 2.75) is 239 Å². The van der Waals surface area contributed by atoms with Crippen LogP contribution in [0.15, 0.2) is 255 Å². The average Bonchev–Trinajstić information content (AvgIpc) is 1.69. The minimum absolute atomic E-state index is 0.0407. The molecule has 4 nitrogen and oxygen atoms in total. The molecule has 2 aliphatic heterocycles. The van der Waals surface area contributed by atoms with Gasteiger partial charge in [-0.25, -0.2) is 0 Å². The van der Waals surface area contributed by atoms with Crippen molar-refractivity contribution in [3.8, 4) is 55.9 Å². The van der Waals surface area contributed by atoms with Gasteiger partial charge in [-0.15, -0.1) is 0 Å². The SMILES string of the molecule is [2H]c1c([2H])c([2H])c2c(c1[2H])c1cc(C(C)(C)C)ccc1n2-c1ccc2c(c1)N(c1cc(-c3cccc(C(C)(C)C)c3)c(CC(C)(C)C)cc1-c1cccc(C(C)(C)C)c1)c1cc(C([2H])([2H])C(C)(C)C)cc3c1B2c1ccc(-n2c4c([2H])c([2H])c([2H])c([2H])c4c4c([2H])c(C(C)(C)C)c([2H])c([2H])c42)cc1N3c1cc(-c2cccc(C(C)(C)C)c2)c(CC(C)(C)C)cc1-c1cccc(C(C)(C)C)c1. The van der Waals surface area contributed by atoms with E-state index < -0.39 is 36.0 Å². The first-order chi connectivity index (χ1) is 62.5. The van der Waals surface area contributed by atoms with Gasteiger partial charge in [-0.2, -0.15) is 0 Å². The molecular formula is C117H129BN4. The van der Waals surface area contributed by atoms with Crippen molar-refractivity contribution in [3.05, 3.63) is 305 Å². The van der Waals surface area contributed by atoms with Crippen LogP contribution in [0.25, 0.3) is 99.5 Å². The quantitative estimate of drug-likeness (QED) is 0.120. The van der Waals surface area contributed by atoms with E-state index in [1.54, 1.807) is 4.57 Å². The predicted octanol–water partition coefficient (Wildman–Crippen LogP) is 31.2. The van der Waals surface area contributed by atoms with Gasteiger partial charge in [0.05, 0.1) is 48.5 Å². The zero-order chi connectivity index (χ0) is 98.4. The monoisotopic (exact) mass is 1610 g/mol. The Labute approximate surface area is 748 Å². The van der Waals surface area contributed by atoms with E-state index in [1.165, 1.54) is 0 Å². The second kappa shape index (κ2) is 29.4. The van der Waals surface area contributed by atoms with Gasteiger partial charge in [0.1, 0.15) is 0 Å². The summed E-state index contributed by atoms with van der Waals surface area (Å²) in [5.41, 5.74) is 20.9. The van der Waals surface area contributed by atoms with Crippen LogP contribution >= 0.6 is 0 Å². The Morgan fingerprint density at radius 3 is 1.05 bits per heavy atom. The Balaban J connectivity index is 1.14. The lowest BCUT2D eigenvalue weighted by Crippen LogP contribution is -2.61. The van der Waals surface area contributed by atoms with Crippen molar-refractivity contribution in [1.29, 1.82) is 0 Å². The van der Waals surface area contributed by atoms with Crippen LogP contribution in [0.4, 0.5) is 34.1 Å². The molecule has 0 radical (unpaired) electrons. The first-order valence-electron chi connectivity index (χ1n) is 50.4. The molecule has 4 heterocycles. The number of hydrogen-bond donors (Lipinski definition) is 0. The van der Waals surface area contributed by atoms with E-state index in [9.17, 15) is 17.8 Å². The second-order valence-electron chi connectivity index (χ2n) is 44.6. The molecule has 0 N–H and O–H groups in total. The summed E-state index contributed by atoms with van der Waals surface area (Å²) in [6.45, 7) is 57.9. The molecule has 0 aliphatic carbocycles. The molecule has 620 valence electrons. The van der Waals surface area contributed by atoms with E-state index in [0.29, 0.717) is 74.3 Å². The molecule has 0 unspecified atom stereocenters. The normalized spacial score (nSPS) is 15.4. The van der Waals surface area contributed by atoms with Gasteiger partial charge in [0, 0.05) is 69.5 Å². The molecule has 13 aromatic carbocycles. The molecule has 0 spiro atoms. The van der Waals surface area contributed by atoms with Crippen LogP contribution in [0.5, 0.6) is 0 Å². The maximum absolute atomic E-state index is 11.2. The molecule has 15 aromatic rings. The predicted molar refractivity (Wildman–Crippen MR) is 533 cm³/mol. The maximum Gasteiger partial charge on any atom is 0.252 e. The summed E-state index contributed by atoms with van der Waals surface area (Å²) >= 11 is 0. The Kier molecular flexibility index (Phi) is 16.6. The Morgan fingerprint density at radius 2 is 0.656 bits per heavy atom. The van der Waals surface area contributed by atoms with Gasteiger partial charge in [0.2, 0.25) is 0 Å². The molecule has 0 saturated heterocycles. The molecule has 0 saturated carbocycles. The van der Waals surface area contributed by atoms with Crippen LogP contribution in [0, 0.1) is 16.2 Å². The number of rotatable bonds is 11. The van der Waals surface area contributed by atoms with Crippen molar-refractivity contribution >= 4 is 101 Å². The van der Waals surface area contributed by atoms with E-state index in [1.807, 2.05) is 52.2 Å². The number of aromatic nitrogens is 2. The van der Waals surface area contributed by atoms with E-state index >= 15 is 0 Å². The number of anilines is 6. The van der Waals surface area contributed by atoms with E-state index in [2.05, 4.69) is 337 Å².